The number of piperidine rings is 1. The lowest BCUT2D eigenvalue weighted by Gasteiger charge is -2.40. The highest BCUT2D eigenvalue weighted by Gasteiger charge is 2.41. The molecule has 2 bridgehead atoms. The summed E-state index contributed by atoms with van der Waals surface area (Å²) in [6, 6.07) is 6.32. The molecule has 108 valence electrons. The summed E-state index contributed by atoms with van der Waals surface area (Å²) in [6.45, 7) is 0. The van der Waals surface area contributed by atoms with Crippen LogP contribution in [0.5, 0.6) is 5.75 Å². The second-order valence-electron chi connectivity index (χ2n) is 5.71. The van der Waals surface area contributed by atoms with Crippen molar-refractivity contribution in [1.29, 1.82) is 5.41 Å². The minimum absolute atomic E-state index is 0.0770. The lowest BCUT2D eigenvalue weighted by Crippen LogP contribution is -2.45. The van der Waals surface area contributed by atoms with Crippen LogP contribution >= 0.6 is 0 Å². The molecule has 0 aliphatic carbocycles. The van der Waals surface area contributed by atoms with Crippen molar-refractivity contribution in [1.82, 2.24) is 0 Å². The molecule has 2 aliphatic heterocycles. The molecule has 4 N–H and O–H groups in total. The maximum atomic E-state index is 9.92. The fourth-order valence-electron chi connectivity index (χ4n) is 3.62. The summed E-state index contributed by atoms with van der Waals surface area (Å²) in [5.74, 6) is 0.851. The average Bonchev–Trinajstić information content (AvgIpc) is 2.70. The number of rotatable bonds is 3. The molecule has 0 radical (unpaired) electrons. The minimum atomic E-state index is -0.199. The molecule has 5 heteroatoms. The van der Waals surface area contributed by atoms with Gasteiger partial charge in [-0.1, -0.05) is 0 Å². The summed E-state index contributed by atoms with van der Waals surface area (Å²) >= 11 is 0. The summed E-state index contributed by atoms with van der Waals surface area (Å²) < 4.78 is 5.31. The van der Waals surface area contributed by atoms with Crippen molar-refractivity contribution in [3.05, 3.63) is 23.8 Å². The number of hydrogen-bond acceptors (Lipinski definition) is 4. The van der Waals surface area contributed by atoms with E-state index < -0.39 is 0 Å². The van der Waals surface area contributed by atoms with Gasteiger partial charge in [0, 0.05) is 23.7 Å². The van der Waals surface area contributed by atoms with Crippen LogP contribution in [0.1, 0.15) is 31.2 Å². The molecule has 2 saturated heterocycles. The highest BCUT2D eigenvalue weighted by molar-refractivity contribution is 6.01. The molecule has 5 nitrogen and oxygen atoms in total. The topological polar surface area (TPSA) is 82.6 Å². The normalized spacial score (nSPS) is 28.5. The first kappa shape index (κ1) is 13.2. The molecule has 20 heavy (non-hydrogen) atoms. The van der Waals surface area contributed by atoms with Crippen molar-refractivity contribution in [2.24, 2.45) is 5.73 Å². The van der Waals surface area contributed by atoms with E-state index in [9.17, 15) is 5.11 Å². The Balaban J connectivity index is 2.02. The Kier molecular flexibility index (Phi) is 3.30. The van der Waals surface area contributed by atoms with Crippen molar-refractivity contribution in [2.75, 3.05) is 12.0 Å². The second-order valence-corrected chi connectivity index (χ2v) is 5.71. The van der Waals surface area contributed by atoms with E-state index >= 15 is 0 Å². The van der Waals surface area contributed by atoms with E-state index in [2.05, 4.69) is 4.90 Å². The molecule has 2 fully saturated rings. The quantitative estimate of drug-likeness (QED) is 0.576. The molecule has 0 aromatic heterocycles. The largest absolute Gasteiger partial charge is 0.497 e. The van der Waals surface area contributed by atoms with Crippen LogP contribution in [0.3, 0.4) is 0 Å². The number of aliphatic hydroxyl groups excluding tert-OH is 1. The number of fused-ring (bicyclic) bond motifs is 2. The van der Waals surface area contributed by atoms with Gasteiger partial charge in [0.05, 0.1) is 18.9 Å². The molecular weight excluding hydrogens is 254 g/mol. The first-order valence-electron chi connectivity index (χ1n) is 7.09. The molecule has 2 aliphatic rings. The van der Waals surface area contributed by atoms with E-state index in [1.807, 2.05) is 18.2 Å². The number of nitrogens with zero attached hydrogens (tertiary/aromatic N) is 1. The Labute approximate surface area is 118 Å². The molecule has 1 aromatic rings. The fraction of sp³-hybridized carbons (Fsp3) is 0.533. The molecule has 3 rings (SSSR count). The monoisotopic (exact) mass is 275 g/mol. The standard InChI is InChI=1S/C15H21N3O2/c1-20-12-4-5-13(15(16)17)14(8-12)18-9-2-3-10(18)7-11(19)6-9/h4-5,8-11,19H,2-3,6-7H2,1H3,(H3,16,17). The Morgan fingerprint density at radius 2 is 2.00 bits per heavy atom. The molecule has 1 aromatic carbocycles. The zero-order valence-electron chi connectivity index (χ0n) is 11.7. The van der Waals surface area contributed by atoms with E-state index in [0.717, 1.165) is 42.7 Å². The number of nitrogens with one attached hydrogen (secondary N) is 1. The van der Waals surface area contributed by atoms with Gasteiger partial charge in [0.25, 0.3) is 0 Å². The minimum Gasteiger partial charge on any atom is -0.497 e. The van der Waals surface area contributed by atoms with Crippen LogP contribution in [-0.4, -0.2) is 36.2 Å². The van der Waals surface area contributed by atoms with Gasteiger partial charge in [-0.2, -0.15) is 0 Å². The van der Waals surface area contributed by atoms with Crippen LogP contribution in [0.25, 0.3) is 0 Å². The lowest BCUT2D eigenvalue weighted by atomic mass is 9.97. The zero-order valence-corrected chi connectivity index (χ0v) is 11.7. The first-order chi connectivity index (χ1) is 9.60. The maximum Gasteiger partial charge on any atom is 0.124 e. The third kappa shape index (κ3) is 2.12. The van der Waals surface area contributed by atoms with Crippen LogP contribution in [0, 0.1) is 5.41 Å². The van der Waals surface area contributed by atoms with Crippen molar-refractivity contribution < 1.29 is 9.84 Å². The van der Waals surface area contributed by atoms with Crippen molar-refractivity contribution in [3.63, 3.8) is 0 Å². The van der Waals surface area contributed by atoms with E-state index in [-0.39, 0.29) is 11.9 Å². The molecule has 0 saturated carbocycles. The van der Waals surface area contributed by atoms with Crippen molar-refractivity contribution in [2.45, 2.75) is 43.9 Å². The van der Waals surface area contributed by atoms with Gasteiger partial charge in [0.15, 0.2) is 0 Å². The van der Waals surface area contributed by atoms with Gasteiger partial charge >= 0.3 is 0 Å². The van der Waals surface area contributed by atoms with Gasteiger partial charge in [0.2, 0.25) is 0 Å². The first-order valence-corrected chi connectivity index (χ1v) is 7.09. The van der Waals surface area contributed by atoms with Gasteiger partial charge in [-0.3, -0.25) is 5.41 Å². The molecule has 2 unspecified atom stereocenters. The Morgan fingerprint density at radius 3 is 2.55 bits per heavy atom. The number of aliphatic hydroxyl groups is 1. The number of ether oxygens (including phenoxy) is 1. The third-order valence-corrected chi connectivity index (χ3v) is 4.48. The van der Waals surface area contributed by atoms with Crippen molar-refractivity contribution in [3.8, 4) is 5.75 Å². The summed E-state index contributed by atoms with van der Waals surface area (Å²) in [5.41, 5.74) is 7.44. The highest BCUT2D eigenvalue weighted by atomic mass is 16.5. The number of nitrogen functional groups attached to an aromatic ring is 1. The number of methoxy groups -OCH3 is 1. The maximum absolute atomic E-state index is 9.92. The lowest BCUT2D eigenvalue weighted by molar-refractivity contribution is 0.126. The van der Waals surface area contributed by atoms with Crippen LogP contribution in [-0.2, 0) is 0 Å². The van der Waals surface area contributed by atoms with E-state index in [1.54, 1.807) is 7.11 Å². The van der Waals surface area contributed by atoms with Gasteiger partial charge in [-0.05, 0) is 37.8 Å². The second kappa shape index (κ2) is 4.98. The number of anilines is 1. The molecular formula is C15H21N3O2. The summed E-state index contributed by atoms with van der Waals surface area (Å²) in [5, 5.41) is 17.7. The predicted octanol–water partition coefficient (Wildman–Crippen LogP) is 1.47. The number of benzene rings is 1. The molecule has 2 atom stereocenters. The zero-order chi connectivity index (χ0) is 14.3. The molecule has 0 spiro atoms. The number of nitrogens with two attached hydrogens (primary N) is 1. The van der Waals surface area contributed by atoms with Gasteiger partial charge in [0.1, 0.15) is 11.6 Å². The Morgan fingerprint density at radius 1 is 1.35 bits per heavy atom. The predicted molar refractivity (Wildman–Crippen MR) is 78.5 cm³/mol. The van der Waals surface area contributed by atoms with Crippen LogP contribution in [0.4, 0.5) is 5.69 Å². The summed E-state index contributed by atoms with van der Waals surface area (Å²) in [6.07, 6.45) is 3.58. The van der Waals surface area contributed by atoms with Crippen LogP contribution in [0.15, 0.2) is 18.2 Å². The van der Waals surface area contributed by atoms with Gasteiger partial charge in [-0.15, -0.1) is 0 Å². The smallest absolute Gasteiger partial charge is 0.124 e. The Bertz CT molecular complexity index is 518. The van der Waals surface area contributed by atoms with E-state index in [0.29, 0.717) is 12.1 Å². The Hall–Kier alpha value is -1.75. The van der Waals surface area contributed by atoms with Gasteiger partial charge in [-0.25, -0.2) is 0 Å². The SMILES string of the molecule is COc1ccc(C(=N)N)c(N2C3CCC2CC(O)C3)c1. The number of hydrogen-bond donors (Lipinski definition) is 3. The fourth-order valence-corrected chi connectivity index (χ4v) is 3.62. The van der Waals surface area contributed by atoms with E-state index in [1.165, 1.54) is 0 Å². The average molecular weight is 275 g/mol. The van der Waals surface area contributed by atoms with Crippen molar-refractivity contribution >= 4 is 11.5 Å². The van der Waals surface area contributed by atoms with Gasteiger partial charge < -0.3 is 20.5 Å². The molecule has 2 heterocycles. The summed E-state index contributed by atoms with van der Waals surface area (Å²) in [7, 11) is 1.64. The summed E-state index contributed by atoms with van der Waals surface area (Å²) in [4.78, 5) is 2.34. The number of amidine groups is 1. The van der Waals surface area contributed by atoms with E-state index in [4.69, 9.17) is 15.9 Å². The molecule has 0 amide bonds. The van der Waals surface area contributed by atoms with Crippen LogP contribution in [0.2, 0.25) is 0 Å². The highest BCUT2D eigenvalue weighted by Crippen LogP contribution is 2.41. The van der Waals surface area contributed by atoms with Crippen LogP contribution < -0.4 is 15.4 Å². The third-order valence-electron chi connectivity index (χ3n) is 4.48.